The quantitative estimate of drug-likeness (QED) is 0.651. The van der Waals surface area contributed by atoms with E-state index in [0.29, 0.717) is 11.8 Å². The molecular weight excluding hydrogens is 388 g/mol. The molecule has 1 aromatic carbocycles. The SMILES string of the molecule is Cc1nnc2ccc(N3CCC(C(=O)N4CCC(Cc5ccccc5)CC4)CC3)nn12. The number of piperidine rings is 2. The predicted octanol–water partition coefficient (Wildman–Crippen LogP) is 3.13. The predicted molar refractivity (Wildman–Crippen MR) is 120 cm³/mol. The third-order valence-electron chi connectivity index (χ3n) is 6.87. The van der Waals surface area contributed by atoms with Crippen molar-refractivity contribution in [3.05, 3.63) is 53.9 Å². The van der Waals surface area contributed by atoms with Crippen molar-refractivity contribution in [1.29, 1.82) is 0 Å². The fraction of sp³-hybridized carbons (Fsp3) is 0.500. The first-order valence-electron chi connectivity index (χ1n) is 11.4. The van der Waals surface area contributed by atoms with Crippen LogP contribution in [0, 0.1) is 18.8 Å². The molecule has 5 rings (SSSR count). The van der Waals surface area contributed by atoms with E-state index >= 15 is 0 Å². The van der Waals surface area contributed by atoms with Crippen LogP contribution in [0.2, 0.25) is 0 Å². The van der Waals surface area contributed by atoms with Crippen LogP contribution in [-0.4, -0.2) is 56.8 Å². The number of carbonyl (C=O) groups is 1. The zero-order valence-corrected chi connectivity index (χ0v) is 18.2. The topological polar surface area (TPSA) is 66.6 Å². The number of hydrogen-bond acceptors (Lipinski definition) is 5. The van der Waals surface area contributed by atoms with Gasteiger partial charge in [0, 0.05) is 32.1 Å². The highest BCUT2D eigenvalue weighted by atomic mass is 16.2. The summed E-state index contributed by atoms with van der Waals surface area (Å²) in [6.45, 7) is 5.44. The van der Waals surface area contributed by atoms with Gasteiger partial charge in [-0.15, -0.1) is 15.3 Å². The number of hydrogen-bond donors (Lipinski definition) is 0. The van der Waals surface area contributed by atoms with Crippen molar-refractivity contribution in [3.8, 4) is 0 Å². The van der Waals surface area contributed by atoms with Crippen molar-refractivity contribution in [2.45, 2.75) is 39.0 Å². The van der Waals surface area contributed by atoms with Gasteiger partial charge in [0.2, 0.25) is 5.91 Å². The van der Waals surface area contributed by atoms with Gasteiger partial charge in [-0.05, 0) is 62.6 Å². The first kappa shape index (κ1) is 20.0. The van der Waals surface area contributed by atoms with Crippen LogP contribution in [0.3, 0.4) is 0 Å². The van der Waals surface area contributed by atoms with Gasteiger partial charge in [-0.3, -0.25) is 4.79 Å². The van der Waals surface area contributed by atoms with Crippen LogP contribution in [0.1, 0.15) is 37.1 Å². The third-order valence-corrected chi connectivity index (χ3v) is 6.87. The van der Waals surface area contributed by atoms with E-state index in [4.69, 9.17) is 0 Å². The summed E-state index contributed by atoms with van der Waals surface area (Å²) in [5.41, 5.74) is 2.18. The number of rotatable bonds is 4. The summed E-state index contributed by atoms with van der Waals surface area (Å²) in [6, 6.07) is 14.7. The highest BCUT2D eigenvalue weighted by Crippen LogP contribution is 2.27. The van der Waals surface area contributed by atoms with Gasteiger partial charge < -0.3 is 9.80 Å². The minimum Gasteiger partial charge on any atom is -0.355 e. The van der Waals surface area contributed by atoms with Crippen molar-refractivity contribution >= 4 is 17.4 Å². The molecule has 162 valence electrons. The summed E-state index contributed by atoms with van der Waals surface area (Å²) < 4.78 is 1.78. The molecule has 3 aromatic rings. The van der Waals surface area contributed by atoms with Gasteiger partial charge in [0.1, 0.15) is 5.82 Å². The molecule has 0 spiro atoms. The Morgan fingerprint density at radius 1 is 0.935 bits per heavy atom. The summed E-state index contributed by atoms with van der Waals surface area (Å²) in [7, 11) is 0. The number of nitrogens with zero attached hydrogens (tertiary/aromatic N) is 6. The second kappa shape index (κ2) is 8.65. The van der Waals surface area contributed by atoms with E-state index < -0.39 is 0 Å². The second-order valence-corrected chi connectivity index (χ2v) is 8.93. The lowest BCUT2D eigenvalue weighted by atomic mass is 9.88. The summed E-state index contributed by atoms with van der Waals surface area (Å²) in [5.74, 6) is 2.91. The molecule has 0 radical (unpaired) electrons. The molecule has 0 bridgehead atoms. The highest BCUT2D eigenvalue weighted by Gasteiger charge is 2.31. The van der Waals surface area contributed by atoms with E-state index in [9.17, 15) is 4.79 Å². The molecule has 31 heavy (non-hydrogen) atoms. The Hall–Kier alpha value is -2.96. The summed E-state index contributed by atoms with van der Waals surface area (Å²) in [6.07, 6.45) is 5.14. The van der Waals surface area contributed by atoms with Gasteiger partial charge in [0.15, 0.2) is 11.5 Å². The van der Waals surface area contributed by atoms with E-state index in [2.05, 4.69) is 55.4 Å². The number of aryl methyl sites for hydroxylation is 1. The number of fused-ring (bicyclic) bond motifs is 1. The number of amides is 1. The van der Waals surface area contributed by atoms with E-state index in [1.165, 1.54) is 5.56 Å². The van der Waals surface area contributed by atoms with Crippen molar-refractivity contribution in [2.24, 2.45) is 11.8 Å². The van der Waals surface area contributed by atoms with Crippen LogP contribution in [0.4, 0.5) is 5.82 Å². The molecule has 1 amide bonds. The Kier molecular flexibility index (Phi) is 5.57. The van der Waals surface area contributed by atoms with E-state index in [-0.39, 0.29) is 5.92 Å². The van der Waals surface area contributed by atoms with Crippen molar-refractivity contribution in [1.82, 2.24) is 24.7 Å². The van der Waals surface area contributed by atoms with Crippen LogP contribution in [-0.2, 0) is 11.2 Å². The lowest BCUT2D eigenvalue weighted by Crippen LogP contribution is -2.45. The molecule has 2 fully saturated rings. The maximum Gasteiger partial charge on any atom is 0.225 e. The Balaban J connectivity index is 1.13. The largest absolute Gasteiger partial charge is 0.355 e. The molecule has 2 aromatic heterocycles. The van der Waals surface area contributed by atoms with Gasteiger partial charge in [-0.2, -0.15) is 4.52 Å². The summed E-state index contributed by atoms with van der Waals surface area (Å²) >= 11 is 0. The minimum absolute atomic E-state index is 0.141. The number of anilines is 1. The van der Waals surface area contributed by atoms with Gasteiger partial charge in [-0.1, -0.05) is 30.3 Å². The molecule has 2 saturated heterocycles. The summed E-state index contributed by atoms with van der Waals surface area (Å²) in [5, 5.41) is 12.9. The zero-order chi connectivity index (χ0) is 21.2. The van der Waals surface area contributed by atoms with Crippen molar-refractivity contribution in [3.63, 3.8) is 0 Å². The van der Waals surface area contributed by atoms with Gasteiger partial charge in [0.25, 0.3) is 0 Å². The number of carbonyl (C=O) groups excluding carboxylic acids is 1. The van der Waals surface area contributed by atoms with Gasteiger partial charge in [-0.25, -0.2) is 0 Å². The molecule has 0 N–H and O–H groups in total. The van der Waals surface area contributed by atoms with Crippen LogP contribution >= 0.6 is 0 Å². The Bertz CT molecular complexity index is 1030. The average Bonchev–Trinajstić information content (AvgIpc) is 3.20. The molecule has 0 atom stereocenters. The lowest BCUT2D eigenvalue weighted by molar-refractivity contribution is -0.137. The van der Waals surface area contributed by atoms with Crippen LogP contribution in [0.15, 0.2) is 42.5 Å². The fourth-order valence-electron chi connectivity index (χ4n) is 4.97. The lowest BCUT2D eigenvalue weighted by Gasteiger charge is -2.37. The summed E-state index contributed by atoms with van der Waals surface area (Å²) in [4.78, 5) is 17.5. The number of aromatic nitrogens is 4. The first-order valence-corrected chi connectivity index (χ1v) is 11.4. The maximum atomic E-state index is 13.1. The molecule has 4 heterocycles. The normalized spacial score (nSPS) is 18.6. The van der Waals surface area contributed by atoms with E-state index in [1.807, 2.05) is 19.1 Å². The van der Waals surface area contributed by atoms with Crippen molar-refractivity contribution in [2.75, 3.05) is 31.1 Å². The van der Waals surface area contributed by atoms with E-state index in [1.54, 1.807) is 4.52 Å². The maximum absolute atomic E-state index is 13.1. The second-order valence-electron chi connectivity index (χ2n) is 8.93. The number of benzene rings is 1. The molecule has 0 saturated carbocycles. The monoisotopic (exact) mass is 418 g/mol. The molecular formula is C24H30N6O. The minimum atomic E-state index is 0.141. The standard InChI is InChI=1S/C24H30N6O/c1-18-25-26-22-7-8-23(27-30(18)22)28-15-11-21(12-16-28)24(31)29-13-9-20(10-14-29)17-19-5-3-2-4-6-19/h2-8,20-21H,9-17H2,1H3. The molecule has 0 unspecified atom stereocenters. The molecule has 7 nitrogen and oxygen atoms in total. The Labute approximate surface area is 183 Å². The zero-order valence-electron chi connectivity index (χ0n) is 18.2. The molecule has 0 aliphatic carbocycles. The average molecular weight is 419 g/mol. The third kappa shape index (κ3) is 4.27. The Morgan fingerprint density at radius 2 is 1.68 bits per heavy atom. The fourth-order valence-corrected chi connectivity index (χ4v) is 4.97. The smallest absolute Gasteiger partial charge is 0.225 e. The number of likely N-dealkylation sites (tertiary alicyclic amines) is 1. The molecule has 2 aliphatic rings. The van der Waals surface area contributed by atoms with E-state index in [0.717, 1.165) is 75.6 Å². The Morgan fingerprint density at radius 3 is 2.42 bits per heavy atom. The van der Waals surface area contributed by atoms with Crippen LogP contribution in [0.5, 0.6) is 0 Å². The highest BCUT2D eigenvalue weighted by molar-refractivity contribution is 5.79. The van der Waals surface area contributed by atoms with Crippen LogP contribution in [0.25, 0.3) is 5.65 Å². The van der Waals surface area contributed by atoms with Crippen LogP contribution < -0.4 is 4.90 Å². The van der Waals surface area contributed by atoms with Gasteiger partial charge in [0.05, 0.1) is 0 Å². The molecule has 2 aliphatic heterocycles. The van der Waals surface area contributed by atoms with Gasteiger partial charge >= 0.3 is 0 Å². The molecule has 7 heteroatoms. The first-order chi connectivity index (χ1) is 15.2. The van der Waals surface area contributed by atoms with Crippen molar-refractivity contribution < 1.29 is 4.79 Å².